The van der Waals surface area contributed by atoms with E-state index in [1.807, 2.05) is 24.3 Å². The zero-order chi connectivity index (χ0) is 24.3. The predicted molar refractivity (Wildman–Crippen MR) is 140 cm³/mol. The van der Waals surface area contributed by atoms with Crippen LogP contribution in [0.5, 0.6) is 0 Å². The number of aromatic nitrogens is 3. The highest BCUT2D eigenvalue weighted by molar-refractivity contribution is 7.89. The van der Waals surface area contributed by atoms with E-state index in [1.54, 1.807) is 18.3 Å². The van der Waals surface area contributed by atoms with Gasteiger partial charge in [-0.1, -0.05) is 61.2 Å². The molecule has 0 bridgehead atoms. The molecule has 4 aromatic rings. The number of fused-ring (bicyclic) bond motifs is 1. The average Bonchev–Trinajstić information content (AvgIpc) is 3.26. The van der Waals surface area contributed by atoms with Crippen molar-refractivity contribution in [1.29, 1.82) is 0 Å². The molecule has 182 valence electrons. The smallest absolute Gasteiger partial charge is 0.240 e. The highest BCUT2D eigenvalue weighted by Crippen LogP contribution is 2.33. The van der Waals surface area contributed by atoms with E-state index in [1.165, 1.54) is 43.2 Å². The third-order valence-corrected chi connectivity index (χ3v) is 8.41. The first-order valence-electron chi connectivity index (χ1n) is 12.5. The highest BCUT2D eigenvalue weighted by Gasteiger charge is 2.18. The Morgan fingerprint density at radius 3 is 2.46 bits per heavy atom. The van der Waals surface area contributed by atoms with Gasteiger partial charge < -0.3 is 4.57 Å². The zero-order valence-corrected chi connectivity index (χ0v) is 21.0. The largest absolute Gasteiger partial charge is 0.309 e. The Kier molecular flexibility index (Phi) is 6.97. The standard InChI is InChI=1S/C28H32N4O2S/c1-21-10-12-24(13-11-21)27-31-26-9-5-18-29-28(26)32(27)20-6-19-30-35(33,34)25-16-14-23(15-17-25)22-7-3-2-4-8-22/h5,9-18,22,30H,2-4,6-8,19-20H2,1H3. The van der Waals surface area contributed by atoms with E-state index < -0.39 is 10.0 Å². The third kappa shape index (κ3) is 5.31. The molecular weight excluding hydrogens is 456 g/mol. The number of sulfonamides is 1. The van der Waals surface area contributed by atoms with Gasteiger partial charge in [-0.25, -0.2) is 23.1 Å². The molecule has 1 fully saturated rings. The molecule has 0 aliphatic heterocycles. The van der Waals surface area contributed by atoms with Crippen molar-refractivity contribution in [1.82, 2.24) is 19.3 Å². The van der Waals surface area contributed by atoms with E-state index in [-0.39, 0.29) is 0 Å². The molecule has 6 nitrogen and oxygen atoms in total. The Balaban J connectivity index is 1.26. The van der Waals surface area contributed by atoms with Crippen LogP contribution in [-0.4, -0.2) is 29.5 Å². The first-order valence-corrected chi connectivity index (χ1v) is 14.0. The van der Waals surface area contributed by atoms with Crippen molar-refractivity contribution in [2.45, 2.75) is 62.8 Å². The van der Waals surface area contributed by atoms with E-state index in [2.05, 4.69) is 45.5 Å². The maximum atomic E-state index is 12.9. The lowest BCUT2D eigenvalue weighted by Gasteiger charge is -2.22. The molecule has 2 aromatic heterocycles. The minimum Gasteiger partial charge on any atom is -0.309 e. The molecule has 0 radical (unpaired) electrons. The predicted octanol–water partition coefficient (Wildman–Crippen LogP) is 5.82. The van der Waals surface area contributed by atoms with E-state index in [0.717, 1.165) is 22.6 Å². The number of benzene rings is 2. The molecule has 1 aliphatic rings. The van der Waals surface area contributed by atoms with Gasteiger partial charge in [0.15, 0.2) is 5.65 Å². The number of hydrogen-bond acceptors (Lipinski definition) is 4. The molecule has 5 rings (SSSR count). The van der Waals surface area contributed by atoms with Crippen LogP contribution in [0.1, 0.15) is 55.6 Å². The minimum absolute atomic E-state index is 0.326. The Hall–Kier alpha value is -3.03. The summed E-state index contributed by atoms with van der Waals surface area (Å²) < 4.78 is 30.6. The Labute approximate surface area is 207 Å². The van der Waals surface area contributed by atoms with Crippen LogP contribution in [0.2, 0.25) is 0 Å². The fourth-order valence-electron chi connectivity index (χ4n) is 4.98. The number of nitrogens with zero attached hydrogens (tertiary/aromatic N) is 3. The number of hydrogen-bond donors (Lipinski definition) is 1. The molecule has 0 atom stereocenters. The molecule has 7 heteroatoms. The van der Waals surface area contributed by atoms with Crippen LogP contribution in [0.3, 0.4) is 0 Å². The van der Waals surface area contributed by atoms with Crippen molar-refractivity contribution in [2.75, 3.05) is 6.54 Å². The monoisotopic (exact) mass is 488 g/mol. The molecule has 0 saturated heterocycles. The lowest BCUT2D eigenvalue weighted by molar-refractivity contribution is 0.443. The van der Waals surface area contributed by atoms with Crippen LogP contribution < -0.4 is 4.72 Å². The summed E-state index contributed by atoms with van der Waals surface area (Å²) in [4.78, 5) is 9.65. The molecule has 35 heavy (non-hydrogen) atoms. The van der Waals surface area contributed by atoms with Gasteiger partial charge in [-0.15, -0.1) is 0 Å². The topological polar surface area (TPSA) is 76.9 Å². The second-order valence-electron chi connectivity index (χ2n) is 9.45. The summed E-state index contributed by atoms with van der Waals surface area (Å²) in [6.45, 7) is 3.01. The van der Waals surface area contributed by atoms with E-state index in [4.69, 9.17) is 4.98 Å². The molecular formula is C28H32N4O2S. The summed E-state index contributed by atoms with van der Waals surface area (Å²) in [5.41, 5.74) is 5.11. The van der Waals surface area contributed by atoms with E-state index >= 15 is 0 Å². The molecule has 1 saturated carbocycles. The quantitative estimate of drug-likeness (QED) is 0.317. The van der Waals surface area contributed by atoms with Gasteiger partial charge in [0.25, 0.3) is 0 Å². The summed E-state index contributed by atoms with van der Waals surface area (Å²) in [6.07, 6.45) is 8.63. The van der Waals surface area contributed by atoms with Crippen LogP contribution in [0.25, 0.3) is 22.6 Å². The number of rotatable bonds is 8. The number of imidazole rings is 1. The van der Waals surface area contributed by atoms with Crippen LogP contribution >= 0.6 is 0 Å². The van der Waals surface area contributed by atoms with Crippen LogP contribution in [0.15, 0.2) is 71.8 Å². The van der Waals surface area contributed by atoms with Gasteiger partial charge in [-0.05, 0) is 61.9 Å². The highest BCUT2D eigenvalue weighted by atomic mass is 32.2. The summed E-state index contributed by atoms with van der Waals surface area (Å²) >= 11 is 0. The van der Waals surface area contributed by atoms with Crippen LogP contribution in [0.4, 0.5) is 0 Å². The number of aryl methyl sites for hydroxylation is 2. The molecule has 2 aromatic carbocycles. The van der Waals surface area contributed by atoms with Crippen molar-refractivity contribution in [3.63, 3.8) is 0 Å². The Morgan fingerprint density at radius 2 is 1.71 bits per heavy atom. The summed E-state index contributed by atoms with van der Waals surface area (Å²) in [5.74, 6) is 1.41. The average molecular weight is 489 g/mol. The maximum absolute atomic E-state index is 12.9. The van der Waals surface area contributed by atoms with Crippen molar-refractivity contribution in [2.24, 2.45) is 0 Å². The SMILES string of the molecule is Cc1ccc(-c2nc3cccnc3n2CCCNS(=O)(=O)c2ccc(C3CCCCC3)cc2)cc1. The number of nitrogens with one attached hydrogen (secondary N) is 1. The molecule has 0 spiro atoms. The van der Waals surface area contributed by atoms with Crippen molar-refractivity contribution in [3.05, 3.63) is 78.0 Å². The lowest BCUT2D eigenvalue weighted by Crippen LogP contribution is -2.25. The van der Waals surface area contributed by atoms with Gasteiger partial charge >= 0.3 is 0 Å². The number of pyridine rings is 1. The normalized spacial score (nSPS) is 15.0. The fraction of sp³-hybridized carbons (Fsp3) is 0.357. The van der Waals surface area contributed by atoms with Gasteiger partial charge in [0, 0.05) is 24.8 Å². The molecule has 1 aliphatic carbocycles. The fourth-order valence-corrected chi connectivity index (χ4v) is 6.05. The van der Waals surface area contributed by atoms with Gasteiger partial charge in [-0.2, -0.15) is 0 Å². The first-order chi connectivity index (χ1) is 17.0. The van der Waals surface area contributed by atoms with Crippen LogP contribution in [-0.2, 0) is 16.6 Å². The summed E-state index contributed by atoms with van der Waals surface area (Å²) in [7, 11) is -3.55. The van der Waals surface area contributed by atoms with Gasteiger partial charge in [0.2, 0.25) is 10.0 Å². The van der Waals surface area contributed by atoms with E-state index in [9.17, 15) is 8.42 Å². The third-order valence-electron chi connectivity index (χ3n) is 6.93. The van der Waals surface area contributed by atoms with Crippen LogP contribution in [0, 0.1) is 6.92 Å². The van der Waals surface area contributed by atoms with Crippen molar-refractivity contribution >= 4 is 21.2 Å². The molecule has 0 amide bonds. The van der Waals surface area contributed by atoms with Gasteiger partial charge in [0.1, 0.15) is 11.3 Å². The molecule has 1 N–H and O–H groups in total. The molecule has 2 heterocycles. The maximum Gasteiger partial charge on any atom is 0.240 e. The van der Waals surface area contributed by atoms with Gasteiger partial charge in [-0.3, -0.25) is 0 Å². The zero-order valence-electron chi connectivity index (χ0n) is 20.2. The lowest BCUT2D eigenvalue weighted by atomic mass is 9.84. The first kappa shape index (κ1) is 23.7. The Morgan fingerprint density at radius 1 is 0.971 bits per heavy atom. The Bertz CT molecular complexity index is 1390. The van der Waals surface area contributed by atoms with Crippen molar-refractivity contribution in [3.8, 4) is 11.4 Å². The molecule has 0 unspecified atom stereocenters. The van der Waals surface area contributed by atoms with Gasteiger partial charge in [0.05, 0.1) is 4.90 Å². The second-order valence-corrected chi connectivity index (χ2v) is 11.2. The van der Waals surface area contributed by atoms with E-state index in [0.29, 0.717) is 30.3 Å². The second kappa shape index (κ2) is 10.3. The summed E-state index contributed by atoms with van der Waals surface area (Å²) in [5, 5.41) is 0. The minimum atomic E-state index is -3.55. The summed E-state index contributed by atoms with van der Waals surface area (Å²) in [6, 6.07) is 19.6. The van der Waals surface area contributed by atoms with Crippen molar-refractivity contribution < 1.29 is 8.42 Å².